The summed E-state index contributed by atoms with van der Waals surface area (Å²) < 4.78 is 5.66. The van der Waals surface area contributed by atoms with E-state index in [2.05, 4.69) is 19.2 Å². The molecule has 0 amide bonds. The van der Waals surface area contributed by atoms with E-state index in [0.29, 0.717) is 6.10 Å². The lowest BCUT2D eigenvalue weighted by molar-refractivity contribution is 0.103. The Morgan fingerprint density at radius 2 is 2.06 bits per heavy atom. The first-order valence-electron chi connectivity index (χ1n) is 7.10. The Balaban J connectivity index is 1.68. The van der Waals surface area contributed by atoms with E-state index in [9.17, 15) is 0 Å². The van der Waals surface area contributed by atoms with Crippen molar-refractivity contribution in [2.24, 2.45) is 11.8 Å². The van der Waals surface area contributed by atoms with Crippen LogP contribution in [0.15, 0.2) is 0 Å². The molecule has 0 bridgehead atoms. The molecule has 1 aliphatic carbocycles. The van der Waals surface area contributed by atoms with E-state index in [0.717, 1.165) is 31.0 Å². The summed E-state index contributed by atoms with van der Waals surface area (Å²) in [6.45, 7) is 6.79. The van der Waals surface area contributed by atoms with Gasteiger partial charge in [0, 0.05) is 19.2 Å². The molecule has 2 rings (SSSR count). The highest BCUT2D eigenvalue weighted by atomic mass is 16.5. The fraction of sp³-hybridized carbons (Fsp3) is 1.00. The van der Waals surface area contributed by atoms with Crippen LogP contribution in [0.1, 0.15) is 52.4 Å². The number of ether oxygens (including phenoxy) is 1. The van der Waals surface area contributed by atoms with Crippen molar-refractivity contribution in [2.75, 3.05) is 13.2 Å². The van der Waals surface area contributed by atoms with Crippen molar-refractivity contribution in [1.82, 2.24) is 5.32 Å². The molecule has 0 spiro atoms. The van der Waals surface area contributed by atoms with Crippen molar-refractivity contribution in [3.63, 3.8) is 0 Å². The van der Waals surface area contributed by atoms with Crippen LogP contribution in [0.2, 0.25) is 0 Å². The summed E-state index contributed by atoms with van der Waals surface area (Å²) in [7, 11) is 0. The summed E-state index contributed by atoms with van der Waals surface area (Å²) in [5.74, 6) is 1.79. The Hall–Kier alpha value is -0.0800. The summed E-state index contributed by atoms with van der Waals surface area (Å²) in [4.78, 5) is 0. The van der Waals surface area contributed by atoms with Crippen LogP contribution in [0, 0.1) is 11.8 Å². The molecule has 3 atom stereocenters. The van der Waals surface area contributed by atoms with Crippen LogP contribution in [0.5, 0.6) is 0 Å². The fourth-order valence-electron chi connectivity index (χ4n) is 3.12. The molecule has 1 aliphatic heterocycles. The van der Waals surface area contributed by atoms with Gasteiger partial charge in [-0.05, 0) is 37.5 Å². The van der Waals surface area contributed by atoms with Crippen LogP contribution in [0.3, 0.4) is 0 Å². The summed E-state index contributed by atoms with van der Waals surface area (Å²) in [5, 5.41) is 3.72. The molecule has 1 heterocycles. The Labute approximate surface area is 100 Å². The maximum atomic E-state index is 5.66. The monoisotopic (exact) mass is 225 g/mol. The number of nitrogens with one attached hydrogen (secondary N) is 1. The van der Waals surface area contributed by atoms with E-state index in [4.69, 9.17) is 4.74 Å². The Morgan fingerprint density at radius 1 is 1.19 bits per heavy atom. The largest absolute Gasteiger partial charge is 0.377 e. The summed E-state index contributed by atoms with van der Waals surface area (Å²) in [6, 6.07) is 0.755. The second-order valence-corrected chi connectivity index (χ2v) is 5.91. The van der Waals surface area contributed by atoms with Gasteiger partial charge in [0.05, 0.1) is 6.10 Å². The minimum Gasteiger partial charge on any atom is -0.377 e. The van der Waals surface area contributed by atoms with Gasteiger partial charge in [-0.2, -0.15) is 0 Å². The summed E-state index contributed by atoms with van der Waals surface area (Å²) in [5.41, 5.74) is 0. The van der Waals surface area contributed by atoms with Crippen LogP contribution < -0.4 is 5.32 Å². The third-order valence-electron chi connectivity index (χ3n) is 4.32. The normalized spacial score (nSPS) is 35.8. The third-order valence-corrected chi connectivity index (χ3v) is 4.32. The lowest BCUT2D eigenvalue weighted by atomic mass is 9.79. The second kappa shape index (κ2) is 6.02. The van der Waals surface area contributed by atoms with Gasteiger partial charge in [0.25, 0.3) is 0 Å². The van der Waals surface area contributed by atoms with Gasteiger partial charge in [-0.1, -0.05) is 26.7 Å². The standard InChI is InChI=1S/C14H27NO/c1-11(2)12-5-3-6-13(9-12)15-10-14-7-4-8-16-14/h11-15H,3-10H2,1-2H3. The first-order valence-corrected chi connectivity index (χ1v) is 7.10. The lowest BCUT2D eigenvalue weighted by Gasteiger charge is -2.32. The van der Waals surface area contributed by atoms with Crippen LogP contribution >= 0.6 is 0 Å². The predicted octanol–water partition coefficient (Wildman–Crippen LogP) is 2.97. The van der Waals surface area contributed by atoms with Crippen LogP contribution in [-0.4, -0.2) is 25.3 Å². The van der Waals surface area contributed by atoms with E-state index in [1.807, 2.05) is 0 Å². The van der Waals surface area contributed by atoms with E-state index >= 15 is 0 Å². The van der Waals surface area contributed by atoms with Gasteiger partial charge < -0.3 is 10.1 Å². The molecule has 2 heteroatoms. The zero-order valence-electron chi connectivity index (χ0n) is 10.9. The third kappa shape index (κ3) is 3.46. The molecule has 1 N–H and O–H groups in total. The highest BCUT2D eigenvalue weighted by Gasteiger charge is 2.25. The molecule has 1 saturated heterocycles. The molecule has 1 saturated carbocycles. The average Bonchev–Trinajstić information content (AvgIpc) is 2.79. The average molecular weight is 225 g/mol. The van der Waals surface area contributed by atoms with Crippen LogP contribution in [-0.2, 0) is 4.74 Å². The van der Waals surface area contributed by atoms with Crippen molar-refractivity contribution in [1.29, 1.82) is 0 Å². The first kappa shape index (κ1) is 12.4. The van der Waals surface area contributed by atoms with Crippen LogP contribution in [0.4, 0.5) is 0 Å². The number of hydrogen-bond acceptors (Lipinski definition) is 2. The van der Waals surface area contributed by atoms with Gasteiger partial charge in [-0.3, -0.25) is 0 Å². The first-order chi connectivity index (χ1) is 7.75. The minimum atomic E-state index is 0.499. The SMILES string of the molecule is CC(C)C1CCCC(NCC2CCCO2)C1. The zero-order valence-corrected chi connectivity index (χ0v) is 10.9. The van der Waals surface area contributed by atoms with Crippen molar-refractivity contribution >= 4 is 0 Å². The van der Waals surface area contributed by atoms with Crippen LogP contribution in [0.25, 0.3) is 0 Å². The number of rotatable bonds is 4. The van der Waals surface area contributed by atoms with Gasteiger partial charge in [0.1, 0.15) is 0 Å². The molecule has 0 radical (unpaired) electrons. The van der Waals surface area contributed by atoms with Crippen molar-refractivity contribution < 1.29 is 4.74 Å². The smallest absolute Gasteiger partial charge is 0.0700 e. The molecule has 16 heavy (non-hydrogen) atoms. The topological polar surface area (TPSA) is 21.3 Å². The summed E-state index contributed by atoms with van der Waals surface area (Å²) >= 11 is 0. The molecule has 0 aromatic carbocycles. The zero-order chi connectivity index (χ0) is 11.4. The highest BCUT2D eigenvalue weighted by Crippen LogP contribution is 2.30. The molecule has 0 aromatic heterocycles. The Kier molecular flexibility index (Phi) is 4.66. The summed E-state index contributed by atoms with van der Waals surface area (Å²) in [6.07, 6.45) is 8.61. The van der Waals surface area contributed by atoms with Crippen molar-refractivity contribution in [3.05, 3.63) is 0 Å². The Morgan fingerprint density at radius 3 is 2.75 bits per heavy atom. The Bertz CT molecular complexity index is 199. The van der Waals surface area contributed by atoms with E-state index in [1.54, 1.807) is 0 Å². The lowest BCUT2D eigenvalue weighted by Crippen LogP contribution is -2.39. The van der Waals surface area contributed by atoms with E-state index < -0.39 is 0 Å². The van der Waals surface area contributed by atoms with E-state index in [1.165, 1.54) is 38.5 Å². The molecular weight excluding hydrogens is 198 g/mol. The van der Waals surface area contributed by atoms with Gasteiger partial charge >= 0.3 is 0 Å². The van der Waals surface area contributed by atoms with Gasteiger partial charge in [-0.25, -0.2) is 0 Å². The highest BCUT2D eigenvalue weighted by molar-refractivity contribution is 4.81. The van der Waals surface area contributed by atoms with Gasteiger partial charge in [-0.15, -0.1) is 0 Å². The second-order valence-electron chi connectivity index (χ2n) is 5.91. The van der Waals surface area contributed by atoms with Crippen molar-refractivity contribution in [2.45, 2.75) is 64.5 Å². The van der Waals surface area contributed by atoms with Crippen molar-refractivity contribution in [3.8, 4) is 0 Å². The molecular formula is C14H27NO. The molecule has 3 unspecified atom stereocenters. The molecule has 94 valence electrons. The fourth-order valence-corrected chi connectivity index (χ4v) is 3.12. The minimum absolute atomic E-state index is 0.499. The number of hydrogen-bond donors (Lipinski definition) is 1. The predicted molar refractivity (Wildman–Crippen MR) is 67.6 cm³/mol. The quantitative estimate of drug-likeness (QED) is 0.794. The van der Waals surface area contributed by atoms with Gasteiger partial charge in [0.15, 0.2) is 0 Å². The van der Waals surface area contributed by atoms with E-state index in [-0.39, 0.29) is 0 Å². The molecule has 0 aromatic rings. The molecule has 2 fully saturated rings. The maximum Gasteiger partial charge on any atom is 0.0700 e. The van der Waals surface area contributed by atoms with Gasteiger partial charge in [0.2, 0.25) is 0 Å². The molecule has 2 nitrogen and oxygen atoms in total. The maximum absolute atomic E-state index is 5.66. The molecule has 2 aliphatic rings.